The van der Waals surface area contributed by atoms with Crippen LogP contribution >= 0.6 is 0 Å². The minimum Gasteiger partial charge on any atom is -0.348 e. The highest BCUT2D eigenvalue weighted by molar-refractivity contribution is 5.63. The van der Waals surface area contributed by atoms with Crippen molar-refractivity contribution in [2.45, 2.75) is 32.2 Å². The Balaban J connectivity index is 3.38. The minimum absolute atomic E-state index is 0.405. The van der Waals surface area contributed by atoms with E-state index < -0.39 is 6.04 Å². The number of nitrogens with one attached hydrogen (secondary N) is 1. The molecule has 10 heavy (non-hydrogen) atoms. The summed E-state index contributed by atoms with van der Waals surface area (Å²) in [7, 11) is 0. The smallest absolute Gasteiger partial charge is 0.222 e. The van der Waals surface area contributed by atoms with E-state index >= 15 is 0 Å². The number of unbranched alkanes of at least 4 members (excludes halogenated alkanes) is 1. The first-order chi connectivity index (χ1) is 4.85. The van der Waals surface area contributed by atoms with Gasteiger partial charge in [0.1, 0.15) is 0 Å². The molecule has 0 aromatic rings. The summed E-state index contributed by atoms with van der Waals surface area (Å²) in [5.74, 6) is 0. The summed E-state index contributed by atoms with van der Waals surface area (Å²) in [6.45, 7) is 2.03. The van der Waals surface area contributed by atoms with Gasteiger partial charge in [0.25, 0.3) is 0 Å². The second-order valence-corrected chi connectivity index (χ2v) is 2.10. The molecule has 0 saturated carbocycles. The van der Waals surface area contributed by atoms with Crippen molar-refractivity contribution in [2.75, 3.05) is 0 Å². The predicted octanol–water partition coefficient (Wildman–Crippen LogP) is 0.401. The van der Waals surface area contributed by atoms with Crippen LogP contribution in [-0.4, -0.2) is 18.7 Å². The number of hydrogen-bond acceptors (Lipinski definition) is 2. The normalized spacial score (nSPS) is 12.1. The lowest BCUT2D eigenvalue weighted by molar-refractivity contribution is -0.109. The van der Waals surface area contributed by atoms with Gasteiger partial charge in [-0.05, 0) is 6.42 Å². The van der Waals surface area contributed by atoms with Gasteiger partial charge in [-0.2, -0.15) is 0 Å². The van der Waals surface area contributed by atoms with Crippen LogP contribution in [0.5, 0.6) is 0 Å². The van der Waals surface area contributed by atoms with Gasteiger partial charge in [0.05, 0.1) is 6.04 Å². The Morgan fingerprint density at radius 2 is 2.40 bits per heavy atom. The van der Waals surface area contributed by atoms with Crippen LogP contribution in [0, 0.1) is 0 Å². The number of carbonyl (C=O) groups excluding carboxylic acids is 2. The van der Waals surface area contributed by atoms with Crippen LogP contribution in [0.2, 0.25) is 0 Å². The number of amides is 1. The molecule has 0 heterocycles. The molecule has 0 aliphatic rings. The fourth-order valence-corrected chi connectivity index (χ4v) is 0.667. The highest BCUT2D eigenvalue weighted by atomic mass is 16.1. The maximum absolute atomic E-state index is 10.1. The Morgan fingerprint density at radius 3 is 2.80 bits per heavy atom. The van der Waals surface area contributed by atoms with Gasteiger partial charge in [-0.25, -0.2) is 0 Å². The zero-order valence-electron chi connectivity index (χ0n) is 6.09. The Labute approximate surface area is 60.8 Å². The molecule has 0 aliphatic heterocycles. The topological polar surface area (TPSA) is 46.2 Å². The molecule has 0 rings (SSSR count). The second-order valence-electron chi connectivity index (χ2n) is 2.10. The quantitative estimate of drug-likeness (QED) is 0.546. The molecule has 0 aliphatic carbocycles. The van der Waals surface area contributed by atoms with Crippen molar-refractivity contribution in [3.05, 3.63) is 0 Å². The maximum atomic E-state index is 10.1. The average Bonchev–Trinajstić information content (AvgIpc) is 1.98. The molecule has 0 bridgehead atoms. The molecule has 1 unspecified atom stereocenters. The molecule has 1 N–H and O–H groups in total. The summed E-state index contributed by atoms with van der Waals surface area (Å²) in [5.41, 5.74) is 0. The van der Waals surface area contributed by atoms with Crippen LogP contribution in [0.3, 0.4) is 0 Å². The van der Waals surface area contributed by atoms with E-state index in [1.165, 1.54) is 0 Å². The minimum atomic E-state index is -0.405. The van der Waals surface area contributed by atoms with Gasteiger partial charge < -0.3 is 5.32 Å². The lowest BCUT2D eigenvalue weighted by Gasteiger charge is -2.04. The zero-order valence-corrected chi connectivity index (χ0v) is 6.09. The summed E-state index contributed by atoms with van der Waals surface area (Å²) in [6.07, 6.45) is 4.94. The lowest BCUT2D eigenvalue weighted by atomic mass is 10.1. The van der Waals surface area contributed by atoms with Crippen LogP contribution in [0.4, 0.5) is 0 Å². The third-order valence-electron chi connectivity index (χ3n) is 1.26. The van der Waals surface area contributed by atoms with Gasteiger partial charge in [-0.3, -0.25) is 9.59 Å². The molecule has 0 saturated heterocycles. The lowest BCUT2D eigenvalue weighted by Crippen LogP contribution is -2.28. The van der Waals surface area contributed by atoms with Gasteiger partial charge >= 0.3 is 0 Å². The largest absolute Gasteiger partial charge is 0.348 e. The molecule has 3 nitrogen and oxygen atoms in total. The van der Waals surface area contributed by atoms with Crippen LogP contribution in [0.15, 0.2) is 0 Å². The van der Waals surface area contributed by atoms with E-state index in [-0.39, 0.29) is 0 Å². The molecular weight excluding hydrogens is 130 g/mol. The van der Waals surface area contributed by atoms with Gasteiger partial charge in [0, 0.05) is 0 Å². The highest BCUT2D eigenvalue weighted by Crippen LogP contribution is 1.96. The monoisotopic (exact) mass is 142 g/mol. The number of rotatable bonds is 6. The highest BCUT2D eigenvalue weighted by Gasteiger charge is 2.03. The fourth-order valence-electron chi connectivity index (χ4n) is 0.667. The van der Waals surface area contributed by atoms with Gasteiger partial charge in [-0.1, -0.05) is 19.8 Å². The summed E-state index contributed by atoms with van der Waals surface area (Å²) in [6, 6.07) is -0.405. The molecule has 0 fully saturated rings. The predicted molar refractivity (Wildman–Crippen MR) is 38.2 cm³/mol. The van der Waals surface area contributed by atoms with Crippen molar-refractivity contribution >= 4 is 12.7 Å². The summed E-state index contributed by atoms with van der Waals surface area (Å²) in [5, 5.41) is 2.36. The molecule has 3 heteroatoms. The molecule has 1 atom stereocenters. The molecule has 1 amide bonds. The molecule has 0 spiro atoms. The Kier molecular flexibility index (Phi) is 5.72. The van der Waals surface area contributed by atoms with E-state index in [9.17, 15) is 9.59 Å². The molecule has 0 aromatic heterocycles. The van der Waals surface area contributed by atoms with E-state index in [2.05, 4.69) is 5.32 Å². The van der Waals surface area contributed by atoms with Crippen molar-refractivity contribution in [3.8, 4) is 0 Å². The van der Waals surface area contributed by atoms with E-state index in [1.54, 1.807) is 6.29 Å². The van der Waals surface area contributed by atoms with Gasteiger partial charge in [0.2, 0.25) is 12.7 Å². The van der Waals surface area contributed by atoms with E-state index in [0.29, 0.717) is 12.8 Å². The van der Waals surface area contributed by atoms with Gasteiger partial charge in [0.15, 0.2) is 0 Å². The van der Waals surface area contributed by atoms with Crippen LogP contribution < -0.4 is 5.32 Å². The third-order valence-corrected chi connectivity index (χ3v) is 1.26. The summed E-state index contributed by atoms with van der Waals surface area (Å²) < 4.78 is 0. The first-order valence-corrected chi connectivity index (χ1v) is 3.42. The molecule has 57 valence electrons. The third kappa shape index (κ3) is 4.06. The number of hydrogen-bond donors (Lipinski definition) is 1. The molecule has 1 radical (unpaired) electrons. The average molecular weight is 142 g/mol. The summed E-state index contributed by atoms with van der Waals surface area (Å²) >= 11 is 0. The Hall–Kier alpha value is -0.860. The summed E-state index contributed by atoms with van der Waals surface area (Å²) in [4.78, 5) is 19.9. The van der Waals surface area contributed by atoms with E-state index in [4.69, 9.17) is 0 Å². The molecular formula is C7H12NO2. The van der Waals surface area contributed by atoms with Crippen molar-refractivity contribution in [1.82, 2.24) is 5.32 Å². The van der Waals surface area contributed by atoms with E-state index in [1.807, 2.05) is 6.92 Å². The second kappa shape index (κ2) is 6.26. The van der Waals surface area contributed by atoms with Crippen LogP contribution in [0.1, 0.15) is 26.2 Å². The Bertz CT molecular complexity index is 104. The number of carbonyl (C=O) groups is 1. The van der Waals surface area contributed by atoms with Gasteiger partial charge in [-0.15, -0.1) is 0 Å². The van der Waals surface area contributed by atoms with Crippen molar-refractivity contribution in [1.29, 1.82) is 0 Å². The van der Waals surface area contributed by atoms with Crippen LogP contribution in [0.25, 0.3) is 0 Å². The maximum Gasteiger partial charge on any atom is 0.222 e. The Morgan fingerprint density at radius 1 is 1.70 bits per heavy atom. The van der Waals surface area contributed by atoms with Crippen molar-refractivity contribution in [2.24, 2.45) is 0 Å². The first-order valence-electron chi connectivity index (χ1n) is 3.42. The fraction of sp³-hybridized carbons (Fsp3) is 0.714. The van der Waals surface area contributed by atoms with E-state index in [0.717, 1.165) is 12.8 Å². The van der Waals surface area contributed by atoms with Crippen molar-refractivity contribution in [3.63, 3.8) is 0 Å². The molecule has 0 aromatic carbocycles. The van der Waals surface area contributed by atoms with Crippen LogP contribution in [-0.2, 0) is 9.59 Å². The zero-order chi connectivity index (χ0) is 7.82. The van der Waals surface area contributed by atoms with Crippen molar-refractivity contribution < 1.29 is 9.59 Å². The SMILES string of the molecule is CCCCC([C]=O)NC=O. The first kappa shape index (κ1) is 9.14. The standard InChI is InChI=1S/C7H12NO2/c1-2-3-4-7(5-9)8-6-10/h6-7H,2-4H2,1H3,(H,8,10).